The van der Waals surface area contributed by atoms with E-state index in [9.17, 15) is 4.79 Å². The summed E-state index contributed by atoms with van der Waals surface area (Å²) in [5.74, 6) is 0.750. The Morgan fingerprint density at radius 1 is 0.615 bits per heavy atom. The standard InChI is InChI=1S/C23H44O2S/c1-2-23(24)25-21-19-17-15-13-11-9-7-5-3-4-6-8-10-12-14-16-18-20-22-26/h2,26H,1,3-22H2. The molecular weight excluding hydrogens is 340 g/mol. The summed E-state index contributed by atoms with van der Waals surface area (Å²) in [5.41, 5.74) is 0. The Bertz CT molecular complexity index is 305. The van der Waals surface area contributed by atoms with Crippen molar-refractivity contribution in [2.24, 2.45) is 0 Å². The summed E-state index contributed by atoms with van der Waals surface area (Å²) in [6, 6.07) is 0. The van der Waals surface area contributed by atoms with Crippen LogP contribution in [0, 0.1) is 0 Å². The number of rotatable bonds is 21. The van der Waals surface area contributed by atoms with E-state index < -0.39 is 0 Å². The Kier molecular flexibility index (Phi) is 22.2. The number of ether oxygens (including phenoxy) is 1. The van der Waals surface area contributed by atoms with Crippen LogP contribution in [0.1, 0.15) is 116 Å². The smallest absolute Gasteiger partial charge is 0.330 e. The van der Waals surface area contributed by atoms with Gasteiger partial charge in [-0.2, -0.15) is 12.6 Å². The van der Waals surface area contributed by atoms with E-state index in [0.29, 0.717) is 6.61 Å². The van der Waals surface area contributed by atoms with Crippen LogP contribution in [-0.4, -0.2) is 18.3 Å². The van der Waals surface area contributed by atoms with Gasteiger partial charge in [0.25, 0.3) is 0 Å². The van der Waals surface area contributed by atoms with Crippen LogP contribution < -0.4 is 0 Å². The maximum Gasteiger partial charge on any atom is 0.330 e. The summed E-state index contributed by atoms with van der Waals surface area (Å²) in [7, 11) is 0. The first-order valence-electron chi connectivity index (χ1n) is 11.2. The first-order valence-corrected chi connectivity index (χ1v) is 11.8. The molecule has 0 spiro atoms. The first kappa shape index (κ1) is 25.6. The molecule has 0 saturated heterocycles. The van der Waals surface area contributed by atoms with Gasteiger partial charge in [-0.25, -0.2) is 4.79 Å². The minimum atomic E-state index is -0.301. The summed E-state index contributed by atoms with van der Waals surface area (Å²) in [4.78, 5) is 10.9. The van der Waals surface area contributed by atoms with Crippen molar-refractivity contribution in [3.8, 4) is 0 Å². The third kappa shape index (κ3) is 21.6. The molecule has 0 aliphatic carbocycles. The third-order valence-corrected chi connectivity index (χ3v) is 5.28. The summed E-state index contributed by atoms with van der Waals surface area (Å²) in [6.07, 6.45) is 25.6. The molecule has 154 valence electrons. The number of hydrogen-bond acceptors (Lipinski definition) is 3. The van der Waals surface area contributed by atoms with Crippen molar-refractivity contribution < 1.29 is 9.53 Å². The van der Waals surface area contributed by atoms with Crippen LogP contribution in [0.15, 0.2) is 12.7 Å². The maximum atomic E-state index is 10.9. The average molecular weight is 385 g/mol. The van der Waals surface area contributed by atoms with Gasteiger partial charge in [0.05, 0.1) is 6.61 Å². The summed E-state index contributed by atoms with van der Waals surface area (Å²) < 4.78 is 4.96. The average Bonchev–Trinajstić information content (AvgIpc) is 2.66. The zero-order valence-electron chi connectivity index (χ0n) is 17.2. The Labute approximate surface area is 169 Å². The fourth-order valence-corrected chi connectivity index (χ4v) is 3.50. The minimum Gasteiger partial charge on any atom is -0.463 e. The molecule has 0 aliphatic heterocycles. The van der Waals surface area contributed by atoms with E-state index in [4.69, 9.17) is 4.74 Å². The molecular formula is C23H44O2S. The van der Waals surface area contributed by atoms with Gasteiger partial charge in [-0.15, -0.1) is 0 Å². The van der Waals surface area contributed by atoms with E-state index in [-0.39, 0.29) is 5.97 Å². The summed E-state index contributed by atoms with van der Waals surface area (Å²) in [5, 5.41) is 0. The molecule has 26 heavy (non-hydrogen) atoms. The van der Waals surface area contributed by atoms with Crippen molar-refractivity contribution in [2.45, 2.75) is 116 Å². The molecule has 0 aromatic carbocycles. The molecule has 2 nitrogen and oxygen atoms in total. The largest absolute Gasteiger partial charge is 0.463 e. The zero-order chi connectivity index (χ0) is 19.1. The van der Waals surface area contributed by atoms with Crippen LogP contribution in [0.5, 0.6) is 0 Å². The molecule has 0 fully saturated rings. The monoisotopic (exact) mass is 384 g/mol. The van der Waals surface area contributed by atoms with Gasteiger partial charge >= 0.3 is 5.97 Å². The number of hydrogen-bond donors (Lipinski definition) is 1. The van der Waals surface area contributed by atoms with Gasteiger partial charge in [-0.1, -0.05) is 109 Å². The van der Waals surface area contributed by atoms with Gasteiger partial charge in [-0.05, 0) is 18.6 Å². The second-order valence-corrected chi connectivity index (χ2v) is 7.91. The van der Waals surface area contributed by atoms with Crippen LogP contribution in [0.25, 0.3) is 0 Å². The molecule has 0 aliphatic rings. The predicted molar refractivity (Wildman–Crippen MR) is 118 cm³/mol. The van der Waals surface area contributed by atoms with Crippen molar-refractivity contribution in [3.63, 3.8) is 0 Å². The number of esters is 1. The van der Waals surface area contributed by atoms with E-state index in [1.54, 1.807) is 0 Å². The van der Waals surface area contributed by atoms with Crippen molar-refractivity contribution in [1.29, 1.82) is 0 Å². The Hall–Kier alpha value is -0.440. The number of thiol groups is 1. The first-order chi connectivity index (χ1) is 12.8. The highest BCUT2D eigenvalue weighted by atomic mass is 32.1. The Morgan fingerprint density at radius 2 is 0.923 bits per heavy atom. The lowest BCUT2D eigenvalue weighted by atomic mass is 10.0. The van der Waals surface area contributed by atoms with Crippen LogP contribution in [-0.2, 0) is 9.53 Å². The number of carbonyl (C=O) groups is 1. The van der Waals surface area contributed by atoms with Crippen LogP contribution in [0.4, 0.5) is 0 Å². The van der Waals surface area contributed by atoms with Gasteiger partial charge in [0.2, 0.25) is 0 Å². The van der Waals surface area contributed by atoms with Crippen molar-refractivity contribution in [3.05, 3.63) is 12.7 Å². The van der Waals surface area contributed by atoms with E-state index in [0.717, 1.165) is 12.2 Å². The van der Waals surface area contributed by atoms with E-state index in [1.807, 2.05) is 0 Å². The molecule has 0 unspecified atom stereocenters. The maximum absolute atomic E-state index is 10.9. The fourth-order valence-electron chi connectivity index (χ4n) is 3.27. The van der Waals surface area contributed by atoms with E-state index in [2.05, 4.69) is 19.2 Å². The Balaban J connectivity index is 3.01. The summed E-state index contributed by atoms with van der Waals surface area (Å²) >= 11 is 4.25. The highest BCUT2D eigenvalue weighted by molar-refractivity contribution is 7.80. The van der Waals surface area contributed by atoms with E-state index in [1.165, 1.54) is 115 Å². The quantitative estimate of drug-likeness (QED) is 0.0951. The Morgan fingerprint density at radius 3 is 1.23 bits per heavy atom. The topological polar surface area (TPSA) is 26.3 Å². The highest BCUT2D eigenvalue weighted by Gasteiger charge is 1.97. The normalized spacial score (nSPS) is 10.8. The van der Waals surface area contributed by atoms with Gasteiger partial charge in [0, 0.05) is 6.08 Å². The lowest BCUT2D eigenvalue weighted by Crippen LogP contribution is -2.01. The number of carbonyl (C=O) groups excluding carboxylic acids is 1. The van der Waals surface area contributed by atoms with Gasteiger partial charge in [-0.3, -0.25) is 0 Å². The third-order valence-electron chi connectivity index (χ3n) is 4.96. The number of unbranched alkanes of at least 4 members (excludes halogenated alkanes) is 17. The molecule has 0 atom stereocenters. The highest BCUT2D eigenvalue weighted by Crippen LogP contribution is 2.14. The fraction of sp³-hybridized carbons (Fsp3) is 0.870. The van der Waals surface area contributed by atoms with Gasteiger partial charge in [0.15, 0.2) is 0 Å². The molecule has 0 radical (unpaired) electrons. The lowest BCUT2D eigenvalue weighted by molar-refractivity contribution is -0.137. The zero-order valence-corrected chi connectivity index (χ0v) is 18.1. The minimum absolute atomic E-state index is 0.301. The molecule has 0 bridgehead atoms. The van der Waals surface area contributed by atoms with Crippen molar-refractivity contribution >= 4 is 18.6 Å². The molecule has 0 rings (SSSR count). The van der Waals surface area contributed by atoms with Gasteiger partial charge in [0.1, 0.15) is 0 Å². The predicted octanol–water partition coefficient (Wildman–Crippen LogP) is 7.67. The molecule has 3 heteroatoms. The summed E-state index contributed by atoms with van der Waals surface area (Å²) in [6.45, 7) is 3.93. The molecule has 0 heterocycles. The van der Waals surface area contributed by atoms with Crippen molar-refractivity contribution in [2.75, 3.05) is 12.4 Å². The van der Waals surface area contributed by atoms with E-state index >= 15 is 0 Å². The second-order valence-electron chi connectivity index (χ2n) is 7.46. The SMILES string of the molecule is C=CC(=O)OCCCCCCCCCCCCCCCCCCCCS. The molecule has 0 aromatic heterocycles. The molecule has 0 aromatic rings. The van der Waals surface area contributed by atoms with Crippen LogP contribution >= 0.6 is 12.6 Å². The van der Waals surface area contributed by atoms with Crippen molar-refractivity contribution in [1.82, 2.24) is 0 Å². The molecule has 0 saturated carbocycles. The lowest BCUT2D eigenvalue weighted by Gasteiger charge is -2.04. The van der Waals surface area contributed by atoms with Gasteiger partial charge < -0.3 is 4.74 Å². The molecule has 0 N–H and O–H groups in total. The van der Waals surface area contributed by atoms with Crippen LogP contribution in [0.2, 0.25) is 0 Å². The van der Waals surface area contributed by atoms with Crippen LogP contribution in [0.3, 0.4) is 0 Å². The molecule has 0 amide bonds. The second kappa shape index (κ2) is 22.6.